The second-order valence-corrected chi connectivity index (χ2v) is 6.05. The number of urea groups is 1. The summed E-state index contributed by atoms with van der Waals surface area (Å²) in [6, 6.07) is 3.90. The lowest BCUT2D eigenvalue weighted by atomic mass is 9.99. The zero-order chi connectivity index (χ0) is 20.4. The number of hydrogen-bond donors (Lipinski definition) is 2. The second-order valence-electron chi connectivity index (χ2n) is 6.05. The van der Waals surface area contributed by atoms with Crippen molar-refractivity contribution in [2.45, 2.75) is 13.0 Å². The largest absolute Gasteiger partial charge is 0.341 e. The number of amides is 2. The molecule has 0 saturated carbocycles. The molecule has 0 fully saturated rings. The van der Waals surface area contributed by atoms with Crippen molar-refractivity contribution in [1.82, 2.24) is 35.6 Å². The molecule has 0 aliphatic heterocycles. The maximum atomic E-state index is 14.6. The Hall–Kier alpha value is -3.47. The third-order valence-corrected chi connectivity index (χ3v) is 3.97. The fourth-order valence-corrected chi connectivity index (χ4v) is 2.64. The van der Waals surface area contributed by atoms with E-state index in [9.17, 15) is 13.6 Å². The quantitative estimate of drug-likeness (QED) is 0.524. The average molecular weight is 389 g/mol. The number of carbonyl (C=O) groups is 1. The molecule has 2 heterocycles. The summed E-state index contributed by atoms with van der Waals surface area (Å²) in [6.45, 7) is 1.52. The van der Waals surface area contributed by atoms with E-state index in [1.54, 1.807) is 13.1 Å². The lowest BCUT2D eigenvalue weighted by Crippen LogP contribution is -2.37. The highest BCUT2D eigenvalue weighted by molar-refractivity contribution is 5.80. The first-order valence-electron chi connectivity index (χ1n) is 8.19. The number of tetrazole rings is 1. The monoisotopic (exact) mass is 389 g/mol. The molecule has 0 saturated heterocycles. The van der Waals surface area contributed by atoms with E-state index in [1.807, 2.05) is 0 Å². The van der Waals surface area contributed by atoms with Crippen LogP contribution in [-0.4, -0.2) is 48.5 Å². The van der Waals surface area contributed by atoms with E-state index in [2.05, 4.69) is 25.7 Å². The SMILES string of the molecule is CC(NC(=O)N(C)O)c1ncc(-c2cccc(F)c2-c2nnn(C)n2)cc1F. The average Bonchev–Trinajstić information content (AvgIpc) is 3.07. The summed E-state index contributed by atoms with van der Waals surface area (Å²) in [6.07, 6.45) is 1.36. The van der Waals surface area contributed by atoms with Crippen LogP contribution in [0.25, 0.3) is 22.5 Å². The lowest BCUT2D eigenvalue weighted by Gasteiger charge is -2.17. The number of aryl methyl sites for hydroxylation is 1. The minimum atomic E-state index is -0.807. The molecule has 0 radical (unpaired) electrons. The Balaban J connectivity index is 1.99. The van der Waals surface area contributed by atoms with Gasteiger partial charge in [0.1, 0.15) is 11.6 Å². The molecule has 0 bridgehead atoms. The van der Waals surface area contributed by atoms with Crippen molar-refractivity contribution < 1.29 is 18.8 Å². The van der Waals surface area contributed by atoms with Crippen LogP contribution in [0.5, 0.6) is 0 Å². The van der Waals surface area contributed by atoms with Gasteiger partial charge in [-0.2, -0.15) is 4.80 Å². The third kappa shape index (κ3) is 3.78. The van der Waals surface area contributed by atoms with Gasteiger partial charge in [0.05, 0.1) is 24.3 Å². The van der Waals surface area contributed by atoms with E-state index in [0.29, 0.717) is 16.2 Å². The number of pyridine rings is 1. The minimum absolute atomic E-state index is 0.0328. The fraction of sp³-hybridized carbons (Fsp3) is 0.235. The molecular formula is C17H17F2N7O2. The van der Waals surface area contributed by atoms with Gasteiger partial charge in [0.2, 0.25) is 5.82 Å². The van der Waals surface area contributed by atoms with Crippen molar-refractivity contribution in [3.63, 3.8) is 0 Å². The molecule has 2 N–H and O–H groups in total. The minimum Gasteiger partial charge on any atom is -0.328 e. The van der Waals surface area contributed by atoms with E-state index in [-0.39, 0.29) is 17.1 Å². The van der Waals surface area contributed by atoms with Gasteiger partial charge in [-0.25, -0.2) is 18.6 Å². The molecule has 0 spiro atoms. The normalized spacial score (nSPS) is 11.9. The van der Waals surface area contributed by atoms with Crippen LogP contribution in [0.2, 0.25) is 0 Å². The molecule has 1 unspecified atom stereocenters. The van der Waals surface area contributed by atoms with E-state index in [1.165, 1.54) is 36.1 Å². The van der Waals surface area contributed by atoms with Crippen LogP contribution in [0, 0.1) is 11.6 Å². The maximum absolute atomic E-state index is 14.6. The molecule has 11 heteroatoms. The van der Waals surface area contributed by atoms with Gasteiger partial charge >= 0.3 is 6.03 Å². The van der Waals surface area contributed by atoms with E-state index >= 15 is 0 Å². The Morgan fingerprint density at radius 1 is 1.32 bits per heavy atom. The van der Waals surface area contributed by atoms with Crippen molar-refractivity contribution in [2.24, 2.45) is 7.05 Å². The standard InChI is InChI=1S/C17H17F2N7O2/c1-9(21-17(27)25(2)28)15-13(19)7-10(8-20-15)11-5-4-6-12(18)14(11)16-22-24-26(3)23-16/h4-9,28H,1-3H3,(H,21,27). The van der Waals surface area contributed by atoms with Gasteiger partial charge in [-0.3, -0.25) is 10.2 Å². The number of aromatic nitrogens is 5. The molecule has 28 heavy (non-hydrogen) atoms. The number of carbonyl (C=O) groups excluding carboxylic acids is 1. The second kappa shape index (κ2) is 7.64. The van der Waals surface area contributed by atoms with Gasteiger partial charge in [-0.1, -0.05) is 12.1 Å². The smallest absolute Gasteiger partial charge is 0.328 e. The predicted octanol–water partition coefficient (Wildman–Crippen LogP) is 2.31. The highest BCUT2D eigenvalue weighted by Crippen LogP contribution is 2.32. The molecule has 0 aliphatic carbocycles. The highest BCUT2D eigenvalue weighted by atomic mass is 19.1. The predicted molar refractivity (Wildman–Crippen MR) is 93.9 cm³/mol. The fourth-order valence-electron chi connectivity index (χ4n) is 2.64. The number of halogens is 2. The summed E-state index contributed by atoms with van der Waals surface area (Å²) in [5.74, 6) is -1.22. The van der Waals surface area contributed by atoms with E-state index in [0.717, 1.165) is 7.05 Å². The van der Waals surface area contributed by atoms with Crippen LogP contribution in [0.4, 0.5) is 13.6 Å². The van der Waals surface area contributed by atoms with E-state index in [4.69, 9.17) is 5.21 Å². The third-order valence-electron chi connectivity index (χ3n) is 3.97. The van der Waals surface area contributed by atoms with Crippen LogP contribution in [-0.2, 0) is 7.05 Å². The number of nitrogens with zero attached hydrogens (tertiary/aromatic N) is 6. The summed E-state index contributed by atoms with van der Waals surface area (Å²) in [7, 11) is 2.69. The van der Waals surface area contributed by atoms with Crippen LogP contribution in [0.1, 0.15) is 18.7 Å². The van der Waals surface area contributed by atoms with Gasteiger partial charge < -0.3 is 5.32 Å². The topological polar surface area (TPSA) is 109 Å². The van der Waals surface area contributed by atoms with Crippen molar-refractivity contribution in [2.75, 3.05) is 7.05 Å². The van der Waals surface area contributed by atoms with Crippen LogP contribution < -0.4 is 5.32 Å². The molecular weight excluding hydrogens is 372 g/mol. The van der Waals surface area contributed by atoms with Crippen molar-refractivity contribution >= 4 is 6.03 Å². The van der Waals surface area contributed by atoms with Gasteiger partial charge in [0, 0.05) is 18.8 Å². The highest BCUT2D eigenvalue weighted by Gasteiger charge is 2.21. The molecule has 3 rings (SSSR count). The molecule has 0 aliphatic rings. The first-order valence-corrected chi connectivity index (χ1v) is 8.19. The number of hydrogen-bond acceptors (Lipinski definition) is 6. The van der Waals surface area contributed by atoms with E-state index < -0.39 is 23.7 Å². The molecule has 146 valence electrons. The van der Waals surface area contributed by atoms with Crippen molar-refractivity contribution in [3.8, 4) is 22.5 Å². The van der Waals surface area contributed by atoms with Crippen LogP contribution in [0.15, 0.2) is 30.5 Å². The number of nitrogens with one attached hydrogen (secondary N) is 1. The Kier molecular flexibility index (Phi) is 5.27. The summed E-state index contributed by atoms with van der Waals surface area (Å²) in [5, 5.41) is 23.4. The summed E-state index contributed by atoms with van der Waals surface area (Å²) in [4.78, 5) is 16.8. The summed E-state index contributed by atoms with van der Waals surface area (Å²) in [5.41, 5.74) is 0.695. The molecule has 1 aromatic carbocycles. The zero-order valence-electron chi connectivity index (χ0n) is 15.3. The van der Waals surface area contributed by atoms with Gasteiger partial charge in [0.15, 0.2) is 0 Å². The van der Waals surface area contributed by atoms with Crippen molar-refractivity contribution in [1.29, 1.82) is 0 Å². The zero-order valence-corrected chi connectivity index (χ0v) is 15.3. The Bertz CT molecular complexity index is 1020. The first kappa shape index (κ1) is 19.3. The summed E-state index contributed by atoms with van der Waals surface area (Å²) < 4.78 is 29.1. The number of hydroxylamine groups is 2. The molecule has 2 amide bonds. The Labute approximate surface area is 158 Å². The van der Waals surface area contributed by atoms with Crippen LogP contribution >= 0.6 is 0 Å². The summed E-state index contributed by atoms with van der Waals surface area (Å²) >= 11 is 0. The number of benzene rings is 1. The molecule has 3 aromatic rings. The lowest BCUT2D eigenvalue weighted by molar-refractivity contribution is -0.0193. The maximum Gasteiger partial charge on any atom is 0.341 e. The Morgan fingerprint density at radius 3 is 2.68 bits per heavy atom. The molecule has 1 atom stereocenters. The first-order chi connectivity index (χ1) is 13.3. The van der Waals surface area contributed by atoms with Gasteiger partial charge in [-0.15, -0.1) is 10.2 Å². The Morgan fingerprint density at radius 2 is 2.07 bits per heavy atom. The van der Waals surface area contributed by atoms with Crippen LogP contribution in [0.3, 0.4) is 0 Å². The van der Waals surface area contributed by atoms with Gasteiger partial charge in [-0.05, 0) is 29.8 Å². The number of rotatable bonds is 4. The van der Waals surface area contributed by atoms with Crippen molar-refractivity contribution in [3.05, 3.63) is 47.8 Å². The molecule has 9 nitrogen and oxygen atoms in total. The van der Waals surface area contributed by atoms with Gasteiger partial charge in [0.25, 0.3) is 0 Å². The molecule has 2 aromatic heterocycles.